The van der Waals surface area contributed by atoms with E-state index in [-0.39, 0.29) is 29.7 Å². The van der Waals surface area contributed by atoms with Crippen LogP contribution >= 0.6 is 24.0 Å². The summed E-state index contributed by atoms with van der Waals surface area (Å²) in [5, 5.41) is 7.22. The average molecular weight is 541 g/mol. The molecule has 11 heteroatoms. The zero-order valence-corrected chi connectivity index (χ0v) is 20.3. The topological polar surface area (TPSA) is 100 Å². The van der Waals surface area contributed by atoms with E-state index in [2.05, 4.69) is 20.4 Å². The first-order valence-corrected chi connectivity index (χ1v) is 11.4. The van der Waals surface area contributed by atoms with Gasteiger partial charge in [0.1, 0.15) is 12.0 Å². The number of sulfonamides is 1. The fraction of sp³-hybridized carbons (Fsp3) is 0.778. The number of nitrogens with zero attached hydrogens (tertiary/aromatic N) is 4. The van der Waals surface area contributed by atoms with Crippen LogP contribution in [0.4, 0.5) is 0 Å². The zero-order chi connectivity index (χ0) is 20.0. The standard InChI is InChI=1S/C18H31N5O4S.HI/c1-19-17(20-15-18(5-3-6-18)7-13-26-2)22-8-10-23(11-9-22)28(24,25)14-16-4-12-27-21-16;/h4,12H,3,5-11,13-15H2,1-2H3,(H,19,20);1H. The molecule has 1 aliphatic heterocycles. The highest BCUT2D eigenvalue weighted by Crippen LogP contribution is 2.43. The molecule has 1 aliphatic carbocycles. The van der Waals surface area contributed by atoms with Crippen LogP contribution < -0.4 is 5.32 Å². The van der Waals surface area contributed by atoms with E-state index in [1.165, 1.54) is 29.8 Å². The summed E-state index contributed by atoms with van der Waals surface area (Å²) in [6, 6.07) is 1.58. The third-order valence-electron chi connectivity index (χ3n) is 5.84. The van der Waals surface area contributed by atoms with Crippen molar-refractivity contribution in [2.45, 2.75) is 31.4 Å². The van der Waals surface area contributed by atoms with Crippen LogP contribution in [-0.2, 0) is 20.5 Å². The number of hydrogen-bond acceptors (Lipinski definition) is 6. The van der Waals surface area contributed by atoms with Gasteiger partial charge in [0.25, 0.3) is 0 Å². The number of guanidine groups is 1. The maximum Gasteiger partial charge on any atom is 0.220 e. The summed E-state index contributed by atoms with van der Waals surface area (Å²) >= 11 is 0. The van der Waals surface area contributed by atoms with Crippen LogP contribution in [-0.4, -0.2) is 82.2 Å². The van der Waals surface area contributed by atoms with Crippen molar-refractivity contribution in [3.63, 3.8) is 0 Å². The number of halogens is 1. The number of aliphatic imine (C=N–C) groups is 1. The van der Waals surface area contributed by atoms with Crippen molar-refractivity contribution < 1.29 is 17.7 Å². The van der Waals surface area contributed by atoms with Gasteiger partial charge >= 0.3 is 0 Å². The van der Waals surface area contributed by atoms with Crippen molar-refractivity contribution in [2.75, 3.05) is 53.5 Å². The fourth-order valence-corrected chi connectivity index (χ4v) is 5.30. The molecule has 0 spiro atoms. The van der Waals surface area contributed by atoms with Crippen LogP contribution in [0.1, 0.15) is 31.4 Å². The Morgan fingerprint density at radius 1 is 1.34 bits per heavy atom. The summed E-state index contributed by atoms with van der Waals surface area (Å²) in [4.78, 5) is 6.54. The maximum absolute atomic E-state index is 12.6. The Hall–Kier alpha value is -0.920. The Bertz CT molecular complexity index is 744. The van der Waals surface area contributed by atoms with Crippen LogP contribution in [0.3, 0.4) is 0 Å². The number of nitrogens with one attached hydrogen (secondary N) is 1. The highest BCUT2D eigenvalue weighted by atomic mass is 127. The molecule has 29 heavy (non-hydrogen) atoms. The minimum atomic E-state index is -3.39. The lowest BCUT2D eigenvalue weighted by molar-refractivity contribution is 0.0724. The molecular weight excluding hydrogens is 509 g/mol. The molecule has 1 saturated heterocycles. The van der Waals surface area contributed by atoms with Crippen LogP contribution in [0.5, 0.6) is 0 Å². The summed E-state index contributed by atoms with van der Waals surface area (Å²) in [6.45, 7) is 3.77. The molecule has 1 saturated carbocycles. The molecule has 9 nitrogen and oxygen atoms in total. The van der Waals surface area contributed by atoms with Gasteiger partial charge in [-0.15, -0.1) is 24.0 Å². The van der Waals surface area contributed by atoms with Crippen molar-refractivity contribution in [1.29, 1.82) is 0 Å². The minimum Gasteiger partial charge on any atom is -0.385 e. The van der Waals surface area contributed by atoms with Crippen molar-refractivity contribution in [3.8, 4) is 0 Å². The summed E-state index contributed by atoms with van der Waals surface area (Å²) in [5.41, 5.74) is 0.732. The second kappa shape index (κ2) is 10.9. The van der Waals surface area contributed by atoms with E-state index < -0.39 is 10.0 Å². The van der Waals surface area contributed by atoms with Crippen molar-refractivity contribution in [2.24, 2.45) is 10.4 Å². The second-order valence-corrected chi connectivity index (χ2v) is 9.60. The summed E-state index contributed by atoms with van der Waals surface area (Å²) in [6.07, 6.45) is 6.15. The quantitative estimate of drug-likeness (QED) is 0.303. The molecule has 1 N–H and O–H groups in total. The molecule has 2 aliphatic rings. The van der Waals surface area contributed by atoms with E-state index >= 15 is 0 Å². The zero-order valence-electron chi connectivity index (χ0n) is 17.2. The van der Waals surface area contributed by atoms with Gasteiger partial charge in [-0.3, -0.25) is 4.99 Å². The fourth-order valence-electron chi connectivity index (χ4n) is 3.88. The smallest absolute Gasteiger partial charge is 0.220 e. The highest BCUT2D eigenvalue weighted by molar-refractivity contribution is 14.0. The number of aromatic nitrogens is 1. The van der Waals surface area contributed by atoms with Crippen LogP contribution in [0.25, 0.3) is 0 Å². The van der Waals surface area contributed by atoms with Crippen LogP contribution in [0, 0.1) is 5.41 Å². The van der Waals surface area contributed by atoms with Crippen molar-refractivity contribution in [3.05, 3.63) is 18.0 Å². The monoisotopic (exact) mass is 541 g/mol. The first-order valence-electron chi connectivity index (χ1n) is 9.80. The molecule has 2 heterocycles. The van der Waals surface area contributed by atoms with Gasteiger partial charge in [-0.2, -0.15) is 4.31 Å². The number of ether oxygens (including phenoxy) is 1. The van der Waals surface area contributed by atoms with Crippen LogP contribution in [0.2, 0.25) is 0 Å². The summed E-state index contributed by atoms with van der Waals surface area (Å²) < 4.78 is 36.7. The first kappa shape index (κ1) is 24.4. The molecule has 0 amide bonds. The van der Waals surface area contributed by atoms with E-state index in [4.69, 9.17) is 9.26 Å². The lowest BCUT2D eigenvalue weighted by Gasteiger charge is -2.43. The molecular formula is C18H32IN5O4S. The summed E-state index contributed by atoms with van der Waals surface area (Å²) in [7, 11) is 0.129. The van der Waals surface area contributed by atoms with Crippen LogP contribution in [0.15, 0.2) is 21.8 Å². The molecule has 3 rings (SSSR count). The van der Waals surface area contributed by atoms with Gasteiger partial charge < -0.3 is 19.5 Å². The Labute approximate surface area is 190 Å². The Morgan fingerprint density at radius 2 is 2.07 bits per heavy atom. The Kier molecular flexibility index (Phi) is 9.16. The molecule has 1 aromatic heterocycles. The lowest BCUT2D eigenvalue weighted by atomic mass is 9.67. The number of rotatable bonds is 8. The summed E-state index contributed by atoms with van der Waals surface area (Å²) in [5.74, 6) is 0.718. The molecule has 0 radical (unpaired) electrons. The van der Waals surface area contributed by atoms with E-state index in [1.807, 2.05) is 0 Å². The van der Waals surface area contributed by atoms with Gasteiger partial charge in [0.05, 0.1) is 5.69 Å². The van der Waals surface area contributed by atoms with Crippen molar-refractivity contribution in [1.82, 2.24) is 19.7 Å². The van der Waals surface area contributed by atoms with Gasteiger partial charge in [0.15, 0.2) is 5.96 Å². The highest BCUT2D eigenvalue weighted by Gasteiger charge is 2.37. The second-order valence-electron chi connectivity index (χ2n) is 7.63. The molecule has 2 fully saturated rings. The third kappa shape index (κ3) is 6.28. The van der Waals surface area contributed by atoms with E-state index in [0.717, 1.165) is 25.5 Å². The number of piperazine rings is 1. The van der Waals surface area contributed by atoms with E-state index in [1.54, 1.807) is 20.2 Å². The SMILES string of the molecule is CN=C(NCC1(CCOC)CCC1)N1CCN(S(=O)(=O)Cc2ccon2)CC1.I. The van der Waals surface area contributed by atoms with Gasteiger partial charge in [-0.05, 0) is 24.7 Å². The third-order valence-corrected chi connectivity index (χ3v) is 7.65. The van der Waals surface area contributed by atoms with E-state index in [9.17, 15) is 8.42 Å². The van der Waals surface area contributed by atoms with E-state index in [0.29, 0.717) is 37.3 Å². The van der Waals surface area contributed by atoms with Gasteiger partial charge in [0, 0.05) is 59.6 Å². The maximum atomic E-state index is 12.6. The molecule has 1 aromatic rings. The molecule has 0 unspecified atom stereocenters. The predicted molar refractivity (Wildman–Crippen MR) is 122 cm³/mol. The number of hydrogen-bond donors (Lipinski definition) is 1. The van der Waals surface area contributed by atoms with Gasteiger partial charge in [0.2, 0.25) is 10.0 Å². The molecule has 0 bridgehead atoms. The van der Waals surface area contributed by atoms with Gasteiger partial charge in [-0.1, -0.05) is 11.6 Å². The Balaban J connectivity index is 0.00000300. The largest absolute Gasteiger partial charge is 0.385 e. The Morgan fingerprint density at radius 3 is 2.59 bits per heavy atom. The lowest BCUT2D eigenvalue weighted by Crippen LogP contribution is -2.55. The first-order chi connectivity index (χ1) is 13.5. The van der Waals surface area contributed by atoms with Crippen molar-refractivity contribution >= 4 is 40.0 Å². The predicted octanol–water partition coefficient (Wildman–Crippen LogP) is 1.52. The normalized spacial score (nSPS) is 20.1. The molecule has 0 aromatic carbocycles. The molecule has 0 atom stereocenters. The number of methoxy groups -OCH3 is 1. The minimum absolute atomic E-state index is 0. The van der Waals surface area contributed by atoms with Gasteiger partial charge in [-0.25, -0.2) is 8.42 Å². The average Bonchev–Trinajstić information content (AvgIpc) is 3.16. The molecule has 166 valence electrons.